The predicted octanol–water partition coefficient (Wildman–Crippen LogP) is 3.94. The number of rotatable bonds is 6. The van der Waals surface area contributed by atoms with Gasteiger partial charge in [-0.25, -0.2) is 9.98 Å². The third-order valence-corrected chi connectivity index (χ3v) is 4.96. The summed E-state index contributed by atoms with van der Waals surface area (Å²) in [4.78, 5) is 21.1. The summed E-state index contributed by atoms with van der Waals surface area (Å²) >= 11 is 1.58. The lowest BCUT2D eigenvalue weighted by Crippen LogP contribution is -2.46. The van der Waals surface area contributed by atoms with Crippen LogP contribution in [0.5, 0.6) is 0 Å². The number of aromatic nitrogens is 1. The van der Waals surface area contributed by atoms with Crippen LogP contribution in [0.25, 0.3) is 16.3 Å². The Hall–Kier alpha value is -2.25. The molecule has 0 spiro atoms. The van der Waals surface area contributed by atoms with E-state index in [0.717, 1.165) is 22.2 Å². The van der Waals surface area contributed by atoms with Crippen LogP contribution in [0.3, 0.4) is 0 Å². The van der Waals surface area contributed by atoms with Gasteiger partial charge in [-0.2, -0.15) is 0 Å². The van der Waals surface area contributed by atoms with E-state index in [1.807, 2.05) is 44.5 Å². The number of guanidine groups is 1. The fourth-order valence-corrected chi connectivity index (χ4v) is 3.66. The van der Waals surface area contributed by atoms with E-state index < -0.39 is 0 Å². The summed E-state index contributed by atoms with van der Waals surface area (Å²) in [6, 6.07) is 6.00. The van der Waals surface area contributed by atoms with Gasteiger partial charge in [0.25, 0.3) is 5.91 Å². The standard InChI is InChI=1S/C21H28N4O2S/c1-13(2)8-15(11-27-21(3,4)5)23-20-24-17(19(26)25-20)9-14-6-7-16-18(10-14)28-12-22-16/h6-7,9-10,12-13,15H,8,11H2,1-5H3,(H2,23,24,25,26)/b17-9-. The molecule has 2 N–H and O–H groups in total. The molecule has 0 aliphatic carbocycles. The minimum atomic E-state index is -0.210. The molecule has 150 valence electrons. The van der Waals surface area contributed by atoms with Crippen LogP contribution in [0.4, 0.5) is 0 Å². The van der Waals surface area contributed by atoms with Crippen molar-refractivity contribution < 1.29 is 9.53 Å². The average molecular weight is 401 g/mol. The Labute approximate surface area is 170 Å². The maximum absolute atomic E-state index is 12.3. The zero-order valence-electron chi connectivity index (χ0n) is 17.1. The van der Waals surface area contributed by atoms with E-state index in [-0.39, 0.29) is 17.6 Å². The number of fused-ring (bicyclic) bond motifs is 1. The van der Waals surface area contributed by atoms with E-state index >= 15 is 0 Å². The Morgan fingerprint density at radius 3 is 2.82 bits per heavy atom. The van der Waals surface area contributed by atoms with Crippen molar-refractivity contribution in [2.24, 2.45) is 10.9 Å². The van der Waals surface area contributed by atoms with Gasteiger partial charge >= 0.3 is 0 Å². The molecule has 1 unspecified atom stereocenters. The van der Waals surface area contributed by atoms with E-state index in [9.17, 15) is 4.79 Å². The molecule has 0 bridgehead atoms. The van der Waals surface area contributed by atoms with E-state index in [2.05, 4.69) is 34.5 Å². The maximum Gasteiger partial charge on any atom is 0.276 e. The molecule has 0 fully saturated rings. The highest BCUT2D eigenvalue weighted by molar-refractivity contribution is 7.16. The molecule has 6 nitrogen and oxygen atoms in total. The van der Waals surface area contributed by atoms with Crippen LogP contribution in [-0.4, -0.2) is 35.1 Å². The van der Waals surface area contributed by atoms with Crippen molar-refractivity contribution in [3.8, 4) is 0 Å². The topological polar surface area (TPSA) is 75.6 Å². The van der Waals surface area contributed by atoms with Gasteiger partial charge in [0.2, 0.25) is 5.96 Å². The molecule has 3 rings (SSSR count). The first kappa shape index (κ1) is 20.5. The minimum absolute atomic E-state index is 0.0752. The molecule has 1 aromatic carbocycles. The van der Waals surface area contributed by atoms with Crippen LogP contribution >= 0.6 is 11.3 Å². The number of thiazole rings is 1. The van der Waals surface area contributed by atoms with Crippen molar-refractivity contribution >= 4 is 39.5 Å². The lowest BCUT2D eigenvalue weighted by Gasteiger charge is -2.26. The number of carbonyl (C=O) groups is 1. The highest BCUT2D eigenvalue weighted by Crippen LogP contribution is 2.21. The molecule has 1 amide bonds. The second-order valence-electron chi connectivity index (χ2n) is 8.42. The van der Waals surface area contributed by atoms with Crippen LogP contribution in [0.1, 0.15) is 46.6 Å². The van der Waals surface area contributed by atoms with E-state index in [0.29, 0.717) is 24.2 Å². The second kappa shape index (κ2) is 8.41. The number of carbonyl (C=O) groups excluding carboxylic acids is 1. The van der Waals surface area contributed by atoms with Gasteiger partial charge in [-0.3, -0.25) is 10.1 Å². The summed E-state index contributed by atoms with van der Waals surface area (Å²) in [5, 5.41) is 6.16. The molecule has 2 heterocycles. The van der Waals surface area contributed by atoms with Crippen LogP contribution in [0.15, 0.2) is 34.4 Å². The van der Waals surface area contributed by atoms with Crippen molar-refractivity contribution in [2.75, 3.05) is 6.61 Å². The summed E-state index contributed by atoms with van der Waals surface area (Å²) in [6.07, 6.45) is 2.72. The Morgan fingerprint density at radius 1 is 1.32 bits per heavy atom. The summed E-state index contributed by atoms with van der Waals surface area (Å²) in [6.45, 7) is 11.0. The first-order chi connectivity index (χ1) is 13.2. The molecule has 1 aliphatic heterocycles. The SMILES string of the molecule is CC(C)CC(COC(C)(C)C)NC1=N/C(=C\c2ccc3ncsc3c2)C(=O)N1. The number of nitrogens with one attached hydrogen (secondary N) is 2. The fourth-order valence-electron chi connectivity index (χ4n) is 2.94. The molecule has 2 aromatic rings. The molecule has 1 aromatic heterocycles. The Balaban J connectivity index is 1.73. The van der Waals surface area contributed by atoms with E-state index in [1.165, 1.54) is 0 Å². The van der Waals surface area contributed by atoms with E-state index in [4.69, 9.17) is 4.74 Å². The highest BCUT2D eigenvalue weighted by Gasteiger charge is 2.24. The van der Waals surface area contributed by atoms with Crippen molar-refractivity contribution in [1.29, 1.82) is 0 Å². The molecule has 1 atom stereocenters. The zero-order chi connectivity index (χ0) is 20.3. The molecule has 0 saturated carbocycles. The van der Waals surface area contributed by atoms with Crippen LogP contribution in [0.2, 0.25) is 0 Å². The summed E-state index contributed by atoms with van der Waals surface area (Å²) < 4.78 is 7.02. The van der Waals surface area contributed by atoms with Gasteiger partial charge in [-0.05, 0) is 56.9 Å². The van der Waals surface area contributed by atoms with Gasteiger partial charge in [0.05, 0.1) is 34.0 Å². The number of hydrogen-bond acceptors (Lipinski definition) is 6. The minimum Gasteiger partial charge on any atom is -0.374 e. The molecule has 1 aliphatic rings. The normalized spacial score (nSPS) is 17.3. The lowest BCUT2D eigenvalue weighted by atomic mass is 10.0. The van der Waals surface area contributed by atoms with Crippen LogP contribution in [-0.2, 0) is 9.53 Å². The van der Waals surface area contributed by atoms with Crippen molar-refractivity contribution in [1.82, 2.24) is 15.6 Å². The van der Waals surface area contributed by atoms with E-state index in [1.54, 1.807) is 17.4 Å². The first-order valence-electron chi connectivity index (χ1n) is 9.55. The smallest absolute Gasteiger partial charge is 0.276 e. The number of hydrogen-bond donors (Lipinski definition) is 2. The lowest BCUT2D eigenvalue weighted by molar-refractivity contribution is -0.115. The second-order valence-corrected chi connectivity index (χ2v) is 9.30. The number of aliphatic imine (C=N–C) groups is 1. The van der Waals surface area contributed by atoms with Gasteiger partial charge in [-0.1, -0.05) is 19.9 Å². The third-order valence-electron chi connectivity index (χ3n) is 4.17. The predicted molar refractivity (Wildman–Crippen MR) is 115 cm³/mol. The van der Waals surface area contributed by atoms with Crippen LogP contribution < -0.4 is 10.6 Å². The maximum atomic E-state index is 12.3. The number of benzene rings is 1. The largest absolute Gasteiger partial charge is 0.374 e. The molecular formula is C21H28N4O2S. The quantitative estimate of drug-likeness (QED) is 0.720. The summed E-state index contributed by atoms with van der Waals surface area (Å²) in [7, 11) is 0. The molecule has 0 saturated heterocycles. The van der Waals surface area contributed by atoms with Gasteiger partial charge < -0.3 is 10.1 Å². The first-order valence-corrected chi connectivity index (χ1v) is 10.4. The van der Waals surface area contributed by atoms with Gasteiger partial charge in [0.1, 0.15) is 5.70 Å². The molecule has 7 heteroatoms. The van der Waals surface area contributed by atoms with Gasteiger partial charge in [0.15, 0.2) is 0 Å². The third kappa shape index (κ3) is 5.62. The number of ether oxygens (including phenoxy) is 1. The average Bonchev–Trinajstić information content (AvgIpc) is 3.18. The number of nitrogens with zero attached hydrogens (tertiary/aromatic N) is 2. The van der Waals surface area contributed by atoms with Gasteiger partial charge in [-0.15, -0.1) is 11.3 Å². The summed E-state index contributed by atoms with van der Waals surface area (Å²) in [5.41, 5.74) is 3.90. The Kier molecular flexibility index (Phi) is 6.15. The Morgan fingerprint density at radius 2 is 2.11 bits per heavy atom. The van der Waals surface area contributed by atoms with Gasteiger partial charge in [0, 0.05) is 0 Å². The molecule has 28 heavy (non-hydrogen) atoms. The highest BCUT2D eigenvalue weighted by atomic mass is 32.1. The van der Waals surface area contributed by atoms with Crippen molar-refractivity contribution in [3.05, 3.63) is 35.0 Å². The van der Waals surface area contributed by atoms with Crippen LogP contribution in [0, 0.1) is 5.92 Å². The number of amides is 1. The molecule has 0 radical (unpaired) electrons. The zero-order valence-corrected chi connectivity index (χ0v) is 17.9. The summed E-state index contributed by atoms with van der Waals surface area (Å²) in [5.74, 6) is 0.783. The fraction of sp³-hybridized carbons (Fsp3) is 0.476. The van der Waals surface area contributed by atoms with Crippen molar-refractivity contribution in [2.45, 2.75) is 52.7 Å². The van der Waals surface area contributed by atoms with Crippen molar-refractivity contribution in [3.63, 3.8) is 0 Å². The monoisotopic (exact) mass is 400 g/mol. The molecular weight excluding hydrogens is 372 g/mol. The Bertz CT molecular complexity index is 909.